The van der Waals surface area contributed by atoms with Crippen molar-refractivity contribution in [3.8, 4) is 0 Å². The van der Waals surface area contributed by atoms with Crippen molar-refractivity contribution in [2.75, 3.05) is 5.32 Å². The molecule has 8 heteroatoms. The Morgan fingerprint density at radius 1 is 1.29 bits per heavy atom. The van der Waals surface area contributed by atoms with Crippen LogP contribution in [0.5, 0.6) is 0 Å². The zero-order valence-electron chi connectivity index (χ0n) is 12.3. The fraction of sp³-hybridized carbons (Fsp3) is 0.0625. The number of nitro groups is 1. The van der Waals surface area contributed by atoms with Crippen LogP contribution in [0.15, 0.2) is 40.8 Å². The summed E-state index contributed by atoms with van der Waals surface area (Å²) in [6.45, 7) is 1.67. The maximum absolute atomic E-state index is 13.8. The van der Waals surface area contributed by atoms with Gasteiger partial charge in [-0.3, -0.25) is 14.9 Å². The number of hydrogen-bond donors (Lipinski definition) is 1. The number of non-ortho nitro benzene ring substituents is 1. The number of nitro benzene ring substituents is 1. The summed E-state index contributed by atoms with van der Waals surface area (Å²) in [5.74, 6) is -1.51. The van der Waals surface area contributed by atoms with E-state index in [4.69, 9.17) is 16.0 Å². The van der Waals surface area contributed by atoms with Crippen molar-refractivity contribution in [1.29, 1.82) is 0 Å². The third-order valence-electron chi connectivity index (χ3n) is 3.51. The summed E-state index contributed by atoms with van der Waals surface area (Å²) in [6, 6.07) is 7.77. The van der Waals surface area contributed by atoms with Gasteiger partial charge in [0.1, 0.15) is 11.4 Å². The normalized spacial score (nSPS) is 10.8. The van der Waals surface area contributed by atoms with Crippen LogP contribution < -0.4 is 5.32 Å². The predicted molar refractivity (Wildman–Crippen MR) is 87.0 cm³/mol. The Kier molecular flexibility index (Phi) is 3.94. The number of benzene rings is 2. The number of aryl methyl sites for hydroxylation is 1. The van der Waals surface area contributed by atoms with Gasteiger partial charge in [0.05, 0.1) is 10.6 Å². The lowest BCUT2D eigenvalue weighted by molar-refractivity contribution is -0.384. The molecule has 122 valence electrons. The highest BCUT2D eigenvalue weighted by Gasteiger charge is 2.20. The third-order valence-corrected chi connectivity index (χ3v) is 3.75. The van der Waals surface area contributed by atoms with E-state index >= 15 is 0 Å². The Bertz CT molecular complexity index is 984. The monoisotopic (exact) mass is 348 g/mol. The number of carbonyl (C=O) groups is 1. The van der Waals surface area contributed by atoms with Crippen molar-refractivity contribution in [1.82, 2.24) is 0 Å². The summed E-state index contributed by atoms with van der Waals surface area (Å²) < 4.78 is 19.3. The quantitative estimate of drug-likeness (QED) is 0.549. The minimum Gasteiger partial charge on any atom is -0.451 e. The van der Waals surface area contributed by atoms with Gasteiger partial charge < -0.3 is 9.73 Å². The summed E-state index contributed by atoms with van der Waals surface area (Å²) in [5, 5.41) is 14.2. The number of rotatable bonds is 3. The lowest BCUT2D eigenvalue weighted by Gasteiger charge is -2.05. The minimum absolute atomic E-state index is 0.0156. The predicted octanol–water partition coefficient (Wildman–Crippen LogP) is 4.69. The van der Waals surface area contributed by atoms with E-state index in [-0.39, 0.29) is 17.1 Å². The van der Waals surface area contributed by atoms with Gasteiger partial charge in [-0.2, -0.15) is 0 Å². The first kappa shape index (κ1) is 15.9. The van der Waals surface area contributed by atoms with Gasteiger partial charge in [-0.1, -0.05) is 11.6 Å². The summed E-state index contributed by atoms with van der Waals surface area (Å²) in [4.78, 5) is 22.4. The van der Waals surface area contributed by atoms with E-state index in [1.807, 2.05) is 0 Å². The summed E-state index contributed by atoms with van der Waals surface area (Å²) in [5.41, 5.74) is 0.365. The van der Waals surface area contributed by atoms with Gasteiger partial charge in [0.25, 0.3) is 11.6 Å². The van der Waals surface area contributed by atoms with Gasteiger partial charge in [0.15, 0.2) is 5.76 Å². The molecule has 1 aromatic heterocycles. The number of amides is 1. The number of halogens is 2. The van der Waals surface area contributed by atoms with Crippen LogP contribution in [0, 0.1) is 22.9 Å². The molecule has 1 amide bonds. The van der Waals surface area contributed by atoms with Gasteiger partial charge in [0, 0.05) is 28.1 Å². The summed E-state index contributed by atoms with van der Waals surface area (Å²) in [7, 11) is 0. The molecule has 1 heterocycles. The van der Waals surface area contributed by atoms with Crippen LogP contribution in [-0.2, 0) is 0 Å². The molecule has 24 heavy (non-hydrogen) atoms. The molecule has 0 spiro atoms. The van der Waals surface area contributed by atoms with Gasteiger partial charge in [-0.15, -0.1) is 0 Å². The van der Waals surface area contributed by atoms with Crippen LogP contribution in [0.25, 0.3) is 11.0 Å². The summed E-state index contributed by atoms with van der Waals surface area (Å²) >= 11 is 5.92. The molecular formula is C16H10ClFN2O4. The lowest BCUT2D eigenvalue weighted by atomic mass is 10.1. The van der Waals surface area contributed by atoms with Crippen molar-refractivity contribution in [3.05, 3.63) is 68.7 Å². The molecule has 0 saturated carbocycles. The van der Waals surface area contributed by atoms with E-state index in [1.165, 1.54) is 0 Å². The molecule has 1 N–H and O–H groups in total. The fourth-order valence-electron chi connectivity index (χ4n) is 2.31. The third kappa shape index (κ3) is 2.81. The average Bonchev–Trinajstić information content (AvgIpc) is 2.86. The van der Waals surface area contributed by atoms with E-state index in [0.717, 1.165) is 18.2 Å². The number of fused-ring (bicyclic) bond motifs is 1. The SMILES string of the molecule is Cc1c(C(=O)Nc2cc([N+](=O)[O-])ccc2F)oc2ccc(Cl)cc12. The molecule has 0 fully saturated rings. The van der Waals surface area contributed by atoms with E-state index in [2.05, 4.69) is 5.32 Å². The molecule has 3 rings (SSSR count). The second kappa shape index (κ2) is 5.93. The van der Waals surface area contributed by atoms with Crippen molar-refractivity contribution in [3.63, 3.8) is 0 Å². The van der Waals surface area contributed by atoms with E-state index in [9.17, 15) is 19.3 Å². The van der Waals surface area contributed by atoms with Gasteiger partial charge in [-0.05, 0) is 31.2 Å². The highest BCUT2D eigenvalue weighted by Crippen LogP contribution is 2.29. The number of carbonyl (C=O) groups excluding carboxylic acids is 1. The van der Waals surface area contributed by atoms with Crippen LogP contribution in [0.2, 0.25) is 5.02 Å². The average molecular weight is 349 g/mol. The first-order chi connectivity index (χ1) is 11.4. The second-order valence-corrected chi connectivity index (χ2v) is 5.51. The first-order valence-electron chi connectivity index (χ1n) is 6.81. The van der Waals surface area contributed by atoms with Crippen molar-refractivity contribution < 1.29 is 18.5 Å². The molecule has 2 aromatic carbocycles. The van der Waals surface area contributed by atoms with Crippen LogP contribution >= 0.6 is 11.6 Å². The van der Waals surface area contributed by atoms with Crippen LogP contribution in [0.1, 0.15) is 16.1 Å². The number of hydrogen-bond acceptors (Lipinski definition) is 4. The fourth-order valence-corrected chi connectivity index (χ4v) is 2.48. The minimum atomic E-state index is -0.786. The number of anilines is 1. The topological polar surface area (TPSA) is 85.4 Å². The standard InChI is InChI=1S/C16H10ClFN2O4/c1-8-11-6-9(17)2-5-14(11)24-15(8)16(21)19-13-7-10(20(22)23)3-4-12(13)18/h2-7H,1H3,(H,19,21). The zero-order valence-corrected chi connectivity index (χ0v) is 13.1. The van der Waals surface area contributed by atoms with Gasteiger partial charge in [0.2, 0.25) is 0 Å². The highest BCUT2D eigenvalue weighted by molar-refractivity contribution is 6.31. The Morgan fingerprint density at radius 2 is 2.04 bits per heavy atom. The van der Waals surface area contributed by atoms with Crippen LogP contribution in [0.3, 0.4) is 0 Å². The first-order valence-corrected chi connectivity index (χ1v) is 7.18. The Morgan fingerprint density at radius 3 is 2.75 bits per heavy atom. The second-order valence-electron chi connectivity index (χ2n) is 5.07. The number of nitrogens with one attached hydrogen (secondary N) is 1. The molecule has 6 nitrogen and oxygen atoms in total. The molecule has 3 aromatic rings. The smallest absolute Gasteiger partial charge is 0.291 e. The van der Waals surface area contributed by atoms with Crippen LogP contribution in [0.4, 0.5) is 15.8 Å². The summed E-state index contributed by atoms with van der Waals surface area (Å²) in [6.07, 6.45) is 0. The molecule has 0 saturated heterocycles. The Labute approximate surface area is 140 Å². The Balaban J connectivity index is 1.97. The number of nitrogens with zero attached hydrogens (tertiary/aromatic N) is 1. The lowest BCUT2D eigenvalue weighted by Crippen LogP contribution is -2.13. The molecule has 0 aliphatic rings. The maximum atomic E-state index is 13.8. The largest absolute Gasteiger partial charge is 0.451 e. The Hall–Kier alpha value is -2.93. The number of furan rings is 1. The van der Waals surface area contributed by atoms with Crippen molar-refractivity contribution >= 4 is 39.9 Å². The van der Waals surface area contributed by atoms with E-state index in [0.29, 0.717) is 21.6 Å². The highest BCUT2D eigenvalue weighted by atomic mass is 35.5. The van der Waals surface area contributed by atoms with E-state index < -0.39 is 16.6 Å². The van der Waals surface area contributed by atoms with Gasteiger partial charge >= 0.3 is 0 Å². The van der Waals surface area contributed by atoms with Crippen molar-refractivity contribution in [2.45, 2.75) is 6.92 Å². The maximum Gasteiger partial charge on any atom is 0.291 e. The molecule has 0 aliphatic heterocycles. The molecule has 0 bridgehead atoms. The van der Waals surface area contributed by atoms with Gasteiger partial charge in [-0.25, -0.2) is 4.39 Å². The van der Waals surface area contributed by atoms with Crippen molar-refractivity contribution in [2.24, 2.45) is 0 Å². The molecule has 0 atom stereocenters. The van der Waals surface area contributed by atoms with E-state index in [1.54, 1.807) is 25.1 Å². The molecular weight excluding hydrogens is 339 g/mol. The molecule has 0 aliphatic carbocycles. The van der Waals surface area contributed by atoms with Crippen LogP contribution in [-0.4, -0.2) is 10.8 Å². The molecule has 0 unspecified atom stereocenters. The zero-order chi connectivity index (χ0) is 17.4. The molecule has 0 radical (unpaired) electrons.